The first-order valence-corrected chi connectivity index (χ1v) is 5.41. The molecule has 0 amide bonds. The molecule has 0 radical (unpaired) electrons. The number of halogens is 3. The quantitative estimate of drug-likeness (QED) is 0.788. The molecule has 0 aliphatic heterocycles. The highest BCUT2D eigenvalue weighted by Crippen LogP contribution is 2.27. The molecule has 0 aromatic heterocycles. The molecular weight excluding hydrogens is 215 g/mol. The molecule has 16 heavy (non-hydrogen) atoms. The van der Waals surface area contributed by atoms with Crippen molar-refractivity contribution in [1.82, 2.24) is 0 Å². The fraction of sp³-hybridized carbons (Fsp3) is 0.500. The van der Waals surface area contributed by atoms with E-state index in [2.05, 4.69) is 0 Å². The van der Waals surface area contributed by atoms with Crippen LogP contribution in [0.1, 0.15) is 38.3 Å². The summed E-state index contributed by atoms with van der Waals surface area (Å²) in [6, 6.07) is 1.49. The van der Waals surface area contributed by atoms with Gasteiger partial charge in [0, 0.05) is 6.04 Å². The minimum atomic E-state index is -1.44. The molecule has 0 aliphatic rings. The first-order valence-electron chi connectivity index (χ1n) is 5.41. The van der Waals surface area contributed by atoms with Gasteiger partial charge in [-0.1, -0.05) is 26.7 Å². The Morgan fingerprint density at radius 2 is 1.50 bits per heavy atom. The van der Waals surface area contributed by atoms with Gasteiger partial charge in [-0.2, -0.15) is 0 Å². The van der Waals surface area contributed by atoms with Crippen LogP contribution in [0.2, 0.25) is 0 Å². The Morgan fingerprint density at radius 3 is 1.88 bits per heavy atom. The van der Waals surface area contributed by atoms with E-state index in [1.165, 1.54) is 0 Å². The van der Waals surface area contributed by atoms with Crippen LogP contribution in [0, 0.1) is 23.4 Å². The van der Waals surface area contributed by atoms with Gasteiger partial charge in [0.2, 0.25) is 0 Å². The van der Waals surface area contributed by atoms with Gasteiger partial charge in [-0.3, -0.25) is 0 Å². The SMILES string of the molecule is CCC(CC)C(N)c1cc(F)c(F)c(F)c1. The molecule has 0 saturated carbocycles. The van der Waals surface area contributed by atoms with Crippen LogP contribution in [-0.2, 0) is 0 Å². The fourth-order valence-corrected chi connectivity index (χ4v) is 1.84. The first-order chi connectivity index (χ1) is 7.51. The van der Waals surface area contributed by atoms with Gasteiger partial charge in [-0.25, -0.2) is 13.2 Å². The van der Waals surface area contributed by atoms with Crippen LogP contribution in [0.4, 0.5) is 13.2 Å². The van der Waals surface area contributed by atoms with Gasteiger partial charge in [0.25, 0.3) is 0 Å². The Balaban J connectivity index is 3.04. The van der Waals surface area contributed by atoms with E-state index in [0.29, 0.717) is 5.56 Å². The molecule has 0 fully saturated rings. The fourth-order valence-electron chi connectivity index (χ4n) is 1.84. The molecule has 0 saturated heterocycles. The predicted octanol–water partition coefficient (Wildman–Crippen LogP) is 3.54. The van der Waals surface area contributed by atoms with Crippen LogP contribution in [0.5, 0.6) is 0 Å². The van der Waals surface area contributed by atoms with Crippen molar-refractivity contribution in [2.24, 2.45) is 11.7 Å². The minimum absolute atomic E-state index is 0.143. The number of rotatable bonds is 4. The highest BCUT2D eigenvalue weighted by Gasteiger charge is 2.19. The minimum Gasteiger partial charge on any atom is -0.324 e. The molecule has 1 unspecified atom stereocenters. The lowest BCUT2D eigenvalue weighted by Crippen LogP contribution is -2.21. The second kappa shape index (κ2) is 5.34. The summed E-state index contributed by atoms with van der Waals surface area (Å²) in [5.74, 6) is -3.67. The molecule has 90 valence electrons. The van der Waals surface area contributed by atoms with Crippen molar-refractivity contribution in [1.29, 1.82) is 0 Å². The lowest BCUT2D eigenvalue weighted by Gasteiger charge is -2.21. The average molecular weight is 231 g/mol. The summed E-state index contributed by atoms with van der Waals surface area (Å²) in [5.41, 5.74) is 6.20. The normalized spacial score (nSPS) is 13.2. The molecule has 1 aromatic carbocycles. The molecule has 1 nitrogen and oxygen atoms in total. The molecular formula is C12H16F3N. The van der Waals surface area contributed by atoms with E-state index in [-0.39, 0.29) is 5.92 Å². The van der Waals surface area contributed by atoms with Crippen molar-refractivity contribution >= 4 is 0 Å². The maximum absolute atomic E-state index is 13.0. The van der Waals surface area contributed by atoms with E-state index < -0.39 is 23.5 Å². The van der Waals surface area contributed by atoms with E-state index in [1.54, 1.807) is 0 Å². The van der Waals surface area contributed by atoms with Crippen molar-refractivity contribution in [3.63, 3.8) is 0 Å². The molecule has 1 aromatic rings. The second-order valence-electron chi connectivity index (χ2n) is 3.90. The van der Waals surface area contributed by atoms with Gasteiger partial charge in [0.1, 0.15) is 0 Å². The summed E-state index contributed by atoms with van der Waals surface area (Å²) in [6.45, 7) is 3.93. The number of hydrogen-bond donors (Lipinski definition) is 1. The number of nitrogens with two attached hydrogens (primary N) is 1. The number of benzene rings is 1. The standard InChI is InChI=1S/C12H16F3N/c1-3-7(4-2)12(16)8-5-9(13)11(15)10(14)6-8/h5-7,12H,3-4,16H2,1-2H3. The molecule has 0 aliphatic carbocycles. The molecule has 0 spiro atoms. The zero-order valence-corrected chi connectivity index (χ0v) is 9.43. The number of hydrogen-bond acceptors (Lipinski definition) is 1. The van der Waals surface area contributed by atoms with Crippen LogP contribution < -0.4 is 5.73 Å². The monoisotopic (exact) mass is 231 g/mol. The van der Waals surface area contributed by atoms with Crippen LogP contribution in [-0.4, -0.2) is 0 Å². The lowest BCUT2D eigenvalue weighted by molar-refractivity contribution is 0.395. The Kier molecular flexibility index (Phi) is 4.35. The van der Waals surface area contributed by atoms with Crippen molar-refractivity contribution < 1.29 is 13.2 Å². The zero-order chi connectivity index (χ0) is 12.3. The van der Waals surface area contributed by atoms with E-state index in [1.807, 2.05) is 13.8 Å². The molecule has 0 heterocycles. The van der Waals surface area contributed by atoms with Crippen molar-refractivity contribution in [3.05, 3.63) is 35.1 Å². The van der Waals surface area contributed by atoms with E-state index >= 15 is 0 Å². The lowest BCUT2D eigenvalue weighted by atomic mass is 9.89. The highest BCUT2D eigenvalue weighted by molar-refractivity contribution is 5.23. The van der Waals surface area contributed by atoms with Crippen LogP contribution in [0.3, 0.4) is 0 Å². The molecule has 2 N–H and O–H groups in total. The Labute approximate surface area is 93.5 Å². The predicted molar refractivity (Wildman–Crippen MR) is 57.3 cm³/mol. The maximum atomic E-state index is 13.0. The van der Waals surface area contributed by atoms with Gasteiger partial charge in [-0.15, -0.1) is 0 Å². The average Bonchev–Trinajstić information content (AvgIpc) is 2.26. The Hall–Kier alpha value is -1.03. The summed E-state index contributed by atoms with van der Waals surface area (Å²) in [5, 5.41) is 0. The zero-order valence-electron chi connectivity index (χ0n) is 9.43. The van der Waals surface area contributed by atoms with Gasteiger partial charge < -0.3 is 5.73 Å². The van der Waals surface area contributed by atoms with Crippen LogP contribution in [0.15, 0.2) is 12.1 Å². The molecule has 4 heteroatoms. The van der Waals surface area contributed by atoms with Gasteiger partial charge >= 0.3 is 0 Å². The van der Waals surface area contributed by atoms with Gasteiger partial charge in [0.05, 0.1) is 0 Å². The van der Waals surface area contributed by atoms with E-state index in [0.717, 1.165) is 25.0 Å². The summed E-state index contributed by atoms with van der Waals surface area (Å²) in [4.78, 5) is 0. The summed E-state index contributed by atoms with van der Waals surface area (Å²) in [7, 11) is 0. The van der Waals surface area contributed by atoms with E-state index in [4.69, 9.17) is 5.73 Å². The third-order valence-electron chi connectivity index (χ3n) is 2.95. The van der Waals surface area contributed by atoms with Crippen molar-refractivity contribution in [2.45, 2.75) is 32.7 Å². The first kappa shape index (κ1) is 13.0. The van der Waals surface area contributed by atoms with Crippen LogP contribution >= 0.6 is 0 Å². The highest BCUT2D eigenvalue weighted by atomic mass is 19.2. The maximum Gasteiger partial charge on any atom is 0.194 e. The summed E-state index contributed by atoms with van der Waals surface area (Å²) in [6.07, 6.45) is 1.64. The third-order valence-corrected chi connectivity index (χ3v) is 2.95. The van der Waals surface area contributed by atoms with Gasteiger partial charge in [0.15, 0.2) is 17.5 Å². The molecule has 1 rings (SSSR count). The smallest absolute Gasteiger partial charge is 0.194 e. The van der Waals surface area contributed by atoms with E-state index in [9.17, 15) is 13.2 Å². The topological polar surface area (TPSA) is 26.0 Å². The van der Waals surface area contributed by atoms with Gasteiger partial charge in [-0.05, 0) is 23.6 Å². The molecule has 0 bridgehead atoms. The largest absolute Gasteiger partial charge is 0.324 e. The second-order valence-corrected chi connectivity index (χ2v) is 3.90. The Bertz CT molecular complexity index is 338. The third kappa shape index (κ3) is 2.55. The summed E-state index contributed by atoms with van der Waals surface area (Å²) < 4.78 is 38.8. The Morgan fingerprint density at radius 1 is 1.06 bits per heavy atom. The van der Waals surface area contributed by atoms with Crippen molar-refractivity contribution in [2.75, 3.05) is 0 Å². The van der Waals surface area contributed by atoms with Crippen LogP contribution in [0.25, 0.3) is 0 Å². The summed E-state index contributed by atoms with van der Waals surface area (Å²) >= 11 is 0. The van der Waals surface area contributed by atoms with Crippen molar-refractivity contribution in [3.8, 4) is 0 Å². The molecule has 1 atom stereocenters.